The van der Waals surface area contributed by atoms with E-state index in [2.05, 4.69) is 16.8 Å². The van der Waals surface area contributed by atoms with Crippen LogP contribution >= 0.6 is 0 Å². The predicted octanol–water partition coefficient (Wildman–Crippen LogP) is 1.22. The van der Waals surface area contributed by atoms with E-state index in [1.807, 2.05) is 7.05 Å². The lowest BCUT2D eigenvalue weighted by Crippen LogP contribution is -2.41. The Labute approximate surface area is 114 Å². The van der Waals surface area contributed by atoms with Gasteiger partial charge in [0.25, 0.3) is 5.91 Å². The number of anilines is 1. The molecule has 0 saturated carbocycles. The highest BCUT2D eigenvalue weighted by Crippen LogP contribution is 2.19. The van der Waals surface area contributed by atoms with Crippen molar-refractivity contribution in [1.82, 2.24) is 14.8 Å². The number of nitrogens with two attached hydrogens (primary N) is 1. The summed E-state index contributed by atoms with van der Waals surface area (Å²) in [7, 11) is 1.83. The topological polar surface area (TPSA) is 62.5 Å². The number of pyridine rings is 1. The Kier molecular flexibility index (Phi) is 4.37. The number of carbonyl (C=O) groups excluding carboxylic acids is 1. The Hall–Kier alpha value is -1.62. The van der Waals surface area contributed by atoms with Crippen LogP contribution in [0.5, 0.6) is 0 Å². The average molecular weight is 262 g/mol. The minimum Gasteiger partial charge on any atom is -0.398 e. The number of likely N-dealkylation sites (tertiary alicyclic amines) is 1. The van der Waals surface area contributed by atoms with Crippen LogP contribution in [0.3, 0.4) is 0 Å². The molecule has 1 fully saturated rings. The van der Waals surface area contributed by atoms with Gasteiger partial charge in [0.1, 0.15) is 0 Å². The number of carbonyl (C=O) groups is 1. The van der Waals surface area contributed by atoms with Crippen molar-refractivity contribution in [3.05, 3.63) is 24.0 Å². The van der Waals surface area contributed by atoms with Crippen LogP contribution in [0, 0.1) is 0 Å². The van der Waals surface area contributed by atoms with E-state index in [1.165, 1.54) is 6.42 Å². The van der Waals surface area contributed by atoms with Crippen molar-refractivity contribution in [2.75, 3.05) is 32.4 Å². The van der Waals surface area contributed by atoms with E-state index >= 15 is 0 Å². The second kappa shape index (κ2) is 6.02. The van der Waals surface area contributed by atoms with Crippen molar-refractivity contribution in [1.29, 1.82) is 0 Å². The number of hydrogen-bond acceptors (Lipinski definition) is 4. The van der Waals surface area contributed by atoms with Gasteiger partial charge in [-0.1, -0.05) is 6.92 Å². The molecule has 5 heteroatoms. The molecule has 1 aromatic rings. The summed E-state index contributed by atoms with van der Waals surface area (Å²) in [6, 6.07) is 2.13. The zero-order valence-electron chi connectivity index (χ0n) is 11.7. The fourth-order valence-corrected chi connectivity index (χ4v) is 2.71. The molecule has 1 amide bonds. The van der Waals surface area contributed by atoms with Crippen LogP contribution in [0.25, 0.3) is 0 Å². The van der Waals surface area contributed by atoms with Gasteiger partial charge in [-0.05, 0) is 32.0 Å². The fraction of sp³-hybridized carbons (Fsp3) is 0.571. The first-order valence-electron chi connectivity index (χ1n) is 6.82. The lowest BCUT2D eigenvalue weighted by Gasteiger charge is -2.28. The third kappa shape index (κ3) is 3.04. The van der Waals surface area contributed by atoms with Crippen molar-refractivity contribution in [3.63, 3.8) is 0 Å². The van der Waals surface area contributed by atoms with Gasteiger partial charge in [0.05, 0.1) is 5.56 Å². The maximum atomic E-state index is 12.3. The van der Waals surface area contributed by atoms with E-state index in [0.29, 0.717) is 17.3 Å². The van der Waals surface area contributed by atoms with Gasteiger partial charge in [-0.25, -0.2) is 0 Å². The Morgan fingerprint density at radius 3 is 3.11 bits per heavy atom. The Balaban J connectivity index is 2.02. The number of aromatic nitrogens is 1. The highest BCUT2D eigenvalue weighted by molar-refractivity contribution is 5.98. The highest BCUT2D eigenvalue weighted by Gasteiger charge is 2.26. The number of likely N-dealkylation sites (N-methyl/N-ethyl adjacent to an activating group) is 2. The Morgan fingerprint density at radius 2 is 2.42 bits per heavy atom. The quantitative estimate of drug-likeness (QED) is 0.886. The van der Waals surface area contributed by atoms with E-state index in [9.17, 15) is 4.79 Å². The molecule has 0 aromatic carbocycles. The Morgan fingerprint density at radius 1 is 1.63 bits per heavy atom. The molecule has 0 aliphatic carbocycles. The van der Waals surface area contributed by atoms with Crippen molar-refractivity contribution in [2.24, 2.45) is 0 Å². The normalized spacial score (nSPS) is 19.6. The molecule has 0 bridgehead atoms. The van der Waals surface area contributed by atoms with Crippen LogP contribution < -0.4 is 5.73 Å². The average Bonchev–Trinajstić information content (AvgIpc) is 2.85. The van der Waals surface area contributed by atoms with E-state index in [1.54, 1.807) is 23.4 Å². The zero-order chi connectivity index (χ0) is 13.8. The molecule has 1 aliphatic heterocycles. The number of amides is 1. The van der Waals surface area contributed by atoms with Gasteiger partial charge in [-0.3, -0.25) is 14.7 Å². The highest BCUT2D eigenvalue weighted by atomic mass is 16.2. The van der Waals surface area contributed by atoms with Crippen molar-refractivity contribution in [3.8, 4) is 0 Å². The summed E-state index contributed by atoms with van der Waals surface area (Å²) in [4.78, 5) is 20.5. The summed E-state index contributed by atoms with van der Waals surface area (Å²) in [6.45, 7) is 5.10. The SMILES string of the molecule is CCN1CCC[C@H]1CN(C)C(=O)c1cnccc1N. The number of nitrogen functional groups attached to an aromatic ring is 1. The molecule has 0 radical (unpaired) electrons. The van der Waals surface area contributed by atoms with Crippen molar-refractivity contribution >= 4 is 11.6 Å². The number of nitrogens with zero attached hydrogens (tertiary/aromatic N) is 3. The van der Waals surface area contributed by atoms with Gasteiger partial charge in [0.2, 0.25) is 0 Å². The number of hydrogen-bond donors (Lipinski definition) is 1. The van der Waals surface area contributed by atoms with E-state index < -0.39 is 0 Å². The molecule has 5 nitrogen and oxygen atoms in total. The molecule has 0 spiro atoms. The lowest BCUT2D eigenvalue weighted by molar-refractivity contribution is 0.0755. The predicted molar refractivity (Wildman–Crippen MR) is 75.9 cm³/mol. The second-order valence-corrected chi connectivity index (χ2v) is 5.07. The van der Waals surface area contributed by atoms with Crippen LogP contribution in [0.2, 0.25) is 0 Å². The first kappa shape index (κ1) is 13.8. The van der Waals surface area contributed by atoms with Gasteiger partial charge >= 0.3 is 0 Å². The van der Waals surface area contributed by atoms with Crippen LogP contribution in [0.4, 0.5) is 5.69 Å². The van der Waals surface area contributed by atoms with Gasteiger partial charge in [0.15, 0.2) is 0 Å². The molecule has 1 saturated heterocycles. The van der Waals surface area contributed by atoms with Crippen molar-refractivity contribution < 1.29 is 4.79 Å². The molecule has 2 N–H and O–H groups in total. The standard InChI is InChI=1S/C14H22N4O/c1-3-18-8-4-5-11(18)10-17(2)14(19)12-9-16-7-6-13(12)15/h6-7,9,11H,3-5,8,10H2,1-2H3,(H2,15,16)/t11-/m0/s1. The first-order valence-corrected chi connectivity index (χ1v) is 6.82. The smallest absolute Gasteiger partial charge is 0.257 e. The minimum atomic E-state index is -0.0476. The Bertz CT molecular complexity index is 449. The molecular weight excluding hydrogens is 240 g/mol. The first-order chi connectivity index (χ1) is 9.13. The van der Waals surface area contributed by atoms with Gasteiger partial charge in [0, 0.05) is 37.7 Å². The van der Waals surface area contributed by atoms with Crippen LogP contribution in [-0.2, 0) is 0 Å². The lowest BCUT2D eigenvalue weighted by atomic mass is 10.1. The van der Waals surface area contributed by atoms with Crippen LogP contribution in [0.15, 0.2) is 18.5 Å². The molecule has 19 heavy (non-hydrogen) atoms. The van der Waals surface area contributed by atoms with Crippen LogP contribution in [0.1, 0.15) is 30.1 Å². The molecule has 1 atom stereocenters. The molecular formula is C14H22N4O. The molecule has 104 valence electrons. The largest absolute Gasteiger partial charge is 0.398 e. The van der Waals surface area contributed by atoms with E-state index in [-0.39, 0.29) is 5.91 Å². The maximum absolute atomic E-state index is 12.3. The molecule has 2 heterocycles. The molecule has 1 aliphatic rings. The third-order valence-corrected chi connectivity index (χ3v) is 3.82. The number of rotatable bonds is 4. The van der Waals surface area contributed by atoms with Gasteiger partial charge < -0.3 is 10.6 Å². The maximum Gasteiger partial charge on any atom is 0.257 e. The van der Waals surface area contributed by atoms with E-state index in [4.69, 9.17) is 5.73 Å². The summed E-state index contributed by atoms with van der Waals surface area (Å²) in [5, 5.41) is 0. The zero-order valence-corrected chi connectivity index (χ0v) is 11.7. The van der Waals surface area contributed by atoms with Gasteiger partial charge in [-0.15, -0.1) is 0 Å². The summed E-state index contributed by atoms with van der Waals surface area (Å²) in [6.07, 6.45) is 5.52. The molecule has 2 rings (SSSR count). The summed E-state index contributed by atoms with van der Waals surface area (Å²) >= 11 is 0. The molecule has 0 unspecified atom stereocenters. The van der Waals surface area contributed by atoms with E-state index in [0.717, 1.165) is 26.1 Å². The summed E-state index contributed by atoms with van der Waals surface area (Å²) < 4.78 is 0. The van der Waals surface area contributed by atoms with Crippen LogP contribution in [-0.4, -0.2) is 53.4 Å². The molecule has 1 aromatic heterocycles. The van der Waals surface area contributed by atoms with Crippen molar-refractivity contribution in [2.45, 2.75) is 25.8 Å². The fourth-order valence-electron chi connectivity index (χ4n) is 2.71. The van der Waals surface area contributed by atoms with Gasteiger partial charge in [-0.2, -0.15) is 0 Å². The summed E-state index contributed by atoms with van der Waals surface area (Å²) in [5.41, 5.74) is 6.81. The minimum absolute atomic E-state index is 0.0476. The summed E-state index contributed by atoms with van der Waals surface area (Å²) in [5.74, 6) is -0.0476. The second-order valence-electron chi connectivity index (χ2n) is 5.07. The monoisotopic (exact) mass is 262 g/mol. The third-order valence-electron chi connectivity index (χ3n) is 3.82.